The molecule has 0 radical (unpaired) electrons. The third-order valence-electron chi connectivity index (χ3n) is 2.70. The van der Waals surface area contributed by atoms with E-state index < -0.39 is 0 Å². The summed E-state index contributed by atoms with van der Waals surface area (Å²) in [5, 5.41) is 0. The van der Waals surface area contributed by atoms with Crippen molar-refractivity contribution in [2.45, 2.75) is 6.92 Å². The van der Waals surface area contributed by atoms with Crippen LogP contribution in [0.5, 0.6) is 5.75 Å². The normalized spacial score (nSPS) is 11.7. The second-order valence-electron chi connectivity index (χ2n) is 4.22. The van der Waals surface area contributed by atoms with Crippen molar-refractivity contribution < 1.29 is 9.53 Å². The van der Waals surface area contributed by atoms with E-state index in [2.05, 4.69) is 0 Å². The Morgan fingerprint density at radius 2 is 2.22 bits per heavy atom. The lowest BCUT2D eigenvalue weighted by molar-refractivity contribution is 0.0786. The highest BCUT2D eigenvalue weighted by atomic mass is 32.1. The lowest BCUT2D eigenvalue weighted by atomic mass is 10.1. The minimum absolute atomic E-state index is 0.000409. The monoisotopic (exact) mass is 266 g/mol. The molecule has 1 atom stereocenters. The van der Waals surface area contributed by atoms with Crippen LogP contribution >= 0.6 is 12.2 Å². The Bertz CT molecular complexity index is 448. The van der Waals surface area contributed by atoms with Gasteiger partial charge >= 0.3 is 0 Å². The molecule has 18 heavy (non-hydrogen) atoms. The van der Waals surface area contributed by atoms with Crippen LogP contribution in [-0.2, 0) is 0 Å². The Labute approximate surface area is 113 Å². The zero-order valence-corrected chi connectivity index (χ0v) is 11.7. The van der Waals surface area contributed by atoms with E-state index >= 15 is 0 Å². The molecule has 0 aliphatic carbocycles. The van der Waals surface area contributed by atoms with Crippen molar-refractivity contribution in [2.75, 3.05) is 20.7 Å². The number of amides is 1. The first-order chi connectivity index (χ1) is 8.45. The van der Waals surface area contributed by atoms with Crippen LogP contribution in [0.1, 0.15) is 17.3 Å². The average molecular weight is 266 g/mol. The van der Waals surface area contributed by atoms with E-state index in [0.717, 1.165) is 0 Å². The van der Waals surface area contributed by atoms with Gasteiger partial charge in [0.25, 0.3) is 5.91 Å². The van der Waals surface area contributed by atoms with Crippen LogP contribution in [0.3, 0.4) is 0 Å². The molecule has 0 heterocycles. The number of nitrogens with two attached hydrogens (primary N) is 1. The molecule has 0 bridgehead atoms. The van der Waals surface area contributed by atoms with Gasteiger partial charge in [0, 0.05) is 25.1 Å². The van der Waals surface area contributed by atoms with E-state index in [1.807, 2.05) is 6.92 Å². The lowest BCUT2D eigenvalue weighted by Gasteiger charge is -2.21. The molecule has 1 aromatic rings. The van der Waals surface area contributed by atoms with Gasteiger partial charge in [-0.05, 0) is 18.2 Å². The summed E-state index contributed by atoms with van der Waals surface area (Å²) in [5.41, 5.74) is 6.13. The zero-order chi connectivity index (χ0) is 13.7. The van der Waals surface area contributed by atoms with E-state index in [9.17, 15) is 4.79 Å². The van der Waals surface area contributed by atoms with Crippen molar-refractivity contribution >= 4 is 23.1 Å². The summed E-state index contributed by atoms with van der Waals surface area (Å²) in [6.07, 6.45) is 0. The standard InChI is InChI=1S/C13H18N2O2S/c1-9(12(14)18)8-15(2)13(16)10-5-4-6-11(7-10)17-3/h4-7,9H,8H2,1-3H3,(H2,14,18). The van der Waals surface area contributed by atoms with E-state index in [1.165, 1.54) is 0 Å². The number of hydrogen-bond donors (Lipinski definition) is 1. The first-order valence-electron chi connectivity index (χ1n) is 5.64. The molecular formula is C13H18N2O2S. The minimum Gasteiger partial charge on any atom is -0.497 e. The summed E-state index contributed by atoms with van der Waals surface area (Å²) < 4.78 is 5.09. The molecule has 0 saturated heterocycles. The minimum atomic E-state index is -0.0722. The lowest BCUT2D eigenvalue weighted by Crippen LogP contribution is -2.35. The van der Waals surface area contributed by atoms with Gasteiger partial charge in [0.2, 0.25) is 0 Å². The number of thiocarbonyl (C=S) groups is 1. The number of nitrogens with zero attached hydrogens (tertiary/aromatic N) is 1. The molecule has 2 N–H and O–H groups in total. The van der Waals surface area contributed by atoms with Crippen molar-refractivity contribution in [3.8, 4) is 5.75 Å². The number of carbonyl (C=O) groups excluding carboxylic acids is 1. The Kier molecular flexibility index (Phi) is 5.09. The highest BCUT2D eigenvalue weighted by molar-refractivity contribution is 7.80. The van der Waals surface area contributed by atoms with Crippen LogP contribution in [-0.4, -0.2) is 36.5 Å². The molecule has 1 rings (SSSR count). The van der Waals surface area contributed by atoms with Crippen LogP contribution in [0.25, 0.3) is 0 Å². The number of benzene rings is 1. The largest absolute Gasteiger partial charge is 0.497 e. The topological polar surface area (TPSA) is 55.6 Å². The second kappa shape index (κ2) is 6.35. The van der Waals surface area contributed by atoms with Crippen LogP contribution in [0.15, 0.2) is 24.3 Å². The summed E-state index contributed by atoms with van der Waals surface area (Å²) in [5.74, 6) is 0.591. The maximum absolute atomic E-state index is 12.2. The average Bonchev–Trinajstić information content (AvgIpc) is 2.37. The highest BCUT2D eigenvalue weighted by Gasteiger charge is 2.16. The van der Waals surface area contributed by atoms with Gasteiger partial charge in [-0.15, -0.1) is 0 Å². The van der Waals surface area contributed by atoms with Crippen molar-refractivity contribution in [1.29, 1.82) is 0 Å². The van der Waals surface area contributed by atoms with Gasteiger partial charge in [0.1, 0.15) is 5.75 Å². The van der Waals surface area contributed by atoms with Gasteiger partial charge < -0.3 is 15.4 Å². The molecule has 98 valence electrons. The summed E-state index contributed by atoms with van der Waals surface area (Å²) in [6.45, 7) is 2.41. The fourth-order valence-corrected chi connectivity index (χ4v) is 1.63. The fourth-order valence-electron chi connectivity index (χ4n) is 1.56. The molecule has 0 saturated carbocycles. The smallest absolute Gasteiger partial charge is 0.253 e. The van der Waals surface area contributed by atoms with E-state index in [1.54, 1.807) is 43.3 Å². The number of carbonyl (C=O) groups is 1. The predicted octanol–water partition coefficient (Wildman–Crippen LogP) is 1.69. The number of methoxy groups -OCH3 is 1. The highest BCUT2D eigenvalue weighted by Crippen LogP contribution is 2.14. The molecule has 0 fully saturated rings. The zero-order valence-electron chi connectivity index (χ0n) is 10.8. The Morgan fingerprint density at radius 1 is 1.56 bits per heavy atom. The van der Waals surface area contributed by atoms with Crippen LogP contribution in [0.2, 0.25) is 0 Å². The van der Waals surface area contributed by atoms with Crippen LogP contribution in [0, 0.1) is 5.92 Å². The van der Waals surface area contributed by atoms with E-state index in [-0.39, 0.29) is 11.8 Å². The Balaban J connectivity index is 2.76. The molecule has 0 aromatic heterocycles. The molecule has 1 aromatic carbocycles. The van der Waals surface area contributed by atoms with Gasteiger partial charge in [-0.1, -0.05) is 25.2 Å². The first kappa shape index (κ1) is 14.4. The summed E-state index contributed by atoms with van der Waals surface area (Å²) in [7, 11) is 3.30. The third-order valence-corrected chi connectivity index (χ3v) is 3.10. The SMILES string of the molecule is COc1cccc(C(=O)N(C)CC(C)C(N)=S)c1. The maximum Gasteiger partial charge on any atom is 0.253 e. The van der Waals surface area contributed by atoms with Crippen molar-refractivity contribution in [2.24, 2.45) is 11.7 Å². The molecule has 0 aliphatic rings. The Morgan fingerprint density at radius 3 is 2.78 bits per heavy atom. The van der Waals surface area contributed by atoms with Crippen LogP contribution < -0.4 is 10.5 Å². The Hall–Kier alpha value is -1.62. The molecular weight excluding hydrogens is 248 g/mol. The van der Waals surface area contributed by atoms with Gasteiger partial charge in [0.05, 0.1) is 12.1 Å². The van der Waals surface area contributed by atoms with E-state index in [4.69, 9.17) is 22.7 Å². The molecule has 1 unspecified atom stereocenters. The second-order valence-corrected chi connectivity index (χ2v) is 4.69. The van der Waals surface area contributed by atoms with E-state index in [0.29, 0.717) is 22.8 Å². The maximum atomic E-state index is 12.2. The van der Waals surface area contributed by atoms with Crippen molar-refractivity contribution in [1.82, 2.24) is 4.90 Å². The number of ether oxygens (including phenoxy) is 1. The number of rotatable bonds is 5. The first-order valence-corrected chi connectivity index (χ1v) is 6.05. The molecule has 4 nitrogen and oxygen atoms in total. The third kappa shape index (κ3) is 3.70. The van der Waals surface area contributed by atoms with Gasteiger partial charge in [-0.3, -0.25) is 4.79 Å². The fraction of sp³-hybridized carbons (Fsp3) is 0.385. The van der Waals surface area contributed by atoms with Crippen LogP contribution in [0.4, 0.5) is 0 Å². The van der Waals surface area contributed by atoms with Gasteiger partial charge in [0.15, 0.2) is 0 Å². The summed E-state index contributed by atoms with van der Waals surface area (Å²) in [4.78, 5) is 14.2. The summed E-state index contributed by atoms with van der Waals surface area (Å²) in [6, 6.07) is 7.06. The predicted molar refractivity (Wildman–Crippen MR) is 75.9 cm³/mol. The molecule has 5 heteroatoms. The molecule has 0 spiro atoms. The van der Waals surface area contributed by atoms with Gasteiger partial charge in [-0.2, -0.15) is 0 Å². The summed E-state index contributed by atoms with van der Waals surface area (Å²) >= 11 is 4.90. The van der Waals surface area contributed by atoms with Crippen molar-refractivity contribution in [3.05, 3.63) is 29.8 Å². The number of hydrogen-bond acceptors (Lipinski definition) is 3. The van der Waals surface area contributed by atoms with Crippen molar-refractivity contribution in [3.63, 3.8) is 0 Å². The molecule has 0 aliphatic heterocycles. The van der Waals surface area contributed by atoms with Gasteiger partial charge in [-0.25, -0.2) is 0 Å². The quantitative estimate of drug-likeness (QED) is 0.824. The molecule has 1 amide bonds.